The summed E-state index contributed by atoms with van der Waals surface area (Å²) in [4.78, 5) is 30.6. The highest BCUT2D eigenvalue weighted by Crippen LogP contribution is 2.24. The van der Waals surface area contributed by atoms with Gasteiger partial charge in [-0.3, -0.25) is 9.59 Å². The van der Waals surface area contributed by atoms with Crippen molar-refractivity contribution in [2.75, 3.05) is 36.5 Å². The number of anilines is 2. The van der Waals surface area contributed by atoms with Crippen molar-refractivity contribution < 1.29 is 19.3 Å². The molecule has 2 heterocycles. The molecule has 2 aliphatic rings. The molecule has 0 radical (unpaired) electrons. The Morgan fingerprint density at radius 3 is 2.81 bits per heavy atom. The highest BCUT2D eigenvalue weighted by Gasteiger charge is 2.39. The zero-order valence-electron chi connectivity index (χ0n) is 15.0. The summed E-state index contributed by atoms with van der Waals surface area (Å²) in [6.07, 6.45) is 0.348. The van der Waals surface area contributed by atoms with E-state index in [1.165, 1.54) is 0 Å². The van der Waals surface area contributed by atoms with Gasteiger partial charge in [0, 0.05) is 22.8 Å². The second-order valence-corrected chi connectivity index (χ2v) is 6.57. The zero-order valence-corrected chi connectivity index (χ0v) is 15.0. The van der Waals surface area contributed by atoms with E-state index in [4.69, 9.17) is 10.3 Å². The summed E-state index contributed by atoms with van der Waals surface area (Å²) in [6.45, 7) is 2.97. The van der Waals surface area contributed by atoms with Crippen LogP contribution in [0.25, 0.3) is 10.4 Å². The molecule has 0 aliphatic carbocycles. The number of carbonyl (C=O) groups excluding carboxylic acids is 2. The number of ether oxygens (including phenoxy) is 1. The van der Waals surface area contributed by atoms with Crippen LogP contribution in [0.1, 0.15) is 6.42 Å². The normalized spacial score (nSPS) is 23.0. The molecule has 10 nitrogen and oxygen atoms in total. The first-order valence-corrected chi connectivity index (χ1v) is 8.76. The van der Waals surface area contributed by atoms with Crippen molar-refractivity contribution in [3.8, 4) is 0 Å². The standard InChI is InChI=1S/C16H21BN6O4/c1-17(26)23-9-12(20-21-18)8-14(23)16(25)19-11-2-4-13(5-3-11)22-6-7-27-10-15(22)24/h2-5,12,14,26H,6-10H2,1H3,(H,19,25)/t12-,14+/m0/s1. The van der Waals surface area contributed by atoms with Gasteiger partial charge in [0.25, 0.3) is 5.91 Å². The highest BCUT2D eigenvalue weighted by atomic mass is 16.5. The maximum Gasteiger partial charge on any atom is 0.377 e. The summed E-state index contributed by atoms with van der Waals surface area (Å²) in [7, 11) is -0.825. The maximum absolute atomic E-state index is 12.6. The average molecular weight is 372 g/mol. The van der Waals surface area contributed by atoms with E-state index in [0.29, 0.717) is 31.8 Å². The number of hydrogen-bond donors (Lipinski definition) is 2. The van der Waals surface area contributed by atoms with Gasteiger partial charge in [0.15, 0.2) is 0 Å². The first-order valence-electron chi connectivity index (χ1n) is 8.76. The van der Waals surface area contributed by atoms with Crippen LogP contribution in [0.5, 0.6) is 0 Å². The second-order valence-electron chi connectivity index (χ2n) is 6.57. The molecular formula is C16H21BN6O4. The summed E-state index contributed by atoms with van der Waals surface area (Å²) in [5.74, 6) is -0.373. The van der Waals surface area contributed by atoms with E-state index in [2.05, 4.69) is 15.3 Å². The topological polar surface area (TPSA) is 131 Å². The smallest absolute Gasteiger partial charge is 0.377 e. The molecule has 2 amide bonds. The van der Waals surface area contributed by atoms with Crippen LogP contribution in [0, 0.1) is 0 Å². The molecule has 1 aromatic rings. The number of hydrogen-bond acceptors (Lipinski definition) is 6. The van der Waals surface area contributed by atoms with Gasteiger partial charge in [-0.25, -0.2) is 0 Å². The number of amides is 2. The van der Waals surface area contributed by atoms with Crippen LogP contribution in [-0.4, -0.2) is 67.1 Å². The lowest BCUT2D eigenvalue weighted by Gasteiger charge is -2.27. The molecule has 0 unspecified atom stereocenters. The molecule has 11 heteroatoms. The van der Waals surface area contributed by atoms with E-state index in [0.717, 1.165) is 5.69 Å². The predicted octanol–water partition coefficient (Wildman–Crippen LogP) is 0.852. The lowest BCUT2D eigenvalue weighted by atomic mass is 9.84. The number of nitrogens with one attached hydrogen (secondary N) is 1. The largest absolute Gasteiger partial charge is 0.437 e. The molecule has 0 spiro atoms. The fourth-order valence-electron chi connectivity index (χ4n) is 3.41. The number of rotatable bonds is 5. The summed E-state index contributed by atoms with van der Waals surface area (Å²) in [6, 6.07) is 6.05. The van der Waals surface area contributed by atoms with Crippen LogP contribution >= 0.6 is 0 Å². The molecule has 0 aromatic heterocycles. The van der Waals surface area contributed by atoms with Crippen molar-refractivity contribution in [2.24, 2.45) is 5.11 Å². The number of nitrogens with zero attached hydrogens (tertiary/aromatic N) is 5. The summed E-state index contributed by atoms with van der Waals surface area (Å²) < 4.78 is 5.12. The summed E-state index contributed by atoms with van der Waals surface area (Å²) in [5, 5.41) is 16.4. The van der Waals surface area contributed by atoms with Crippen LogP contribution in [0.15, 0.2) is 29.4 Å². The van der Waals surface area contributed by atoms with Gasteiger partial charge in [0.05, 0.1) is 18.7 Å². The molecule has 2 aliphatic heterocycles. The fraction of sp³-hybridized carbons (Fsp3) is 0.500. The first-order chi connectivity index (χ1) is 13.0. The Bertz CT molecular complexity index is 752. The molecule has 3 rings (SSSR count). The third-order valence-electron chi connectivity index (χ3n) is 4.75. The molecule has 2 fully saturated rings. The third-order valence-corrected chi connectivity index (χ3v) is 4.75. The maximum atomic E-state index is 12.6. The molecule has 0 saturated carbocycles. The number of azide groups is 1. The summed E-state index contributed by atoms with van der Waals surface area (Å²) >= 11 is 0. The van der Waals surface area contributed by atoms with Crippen molar-refractivity contribution in [1.29, 1.82) is 0 Å². The Hall–Kier alpha value is -2.59. The molecule has 0 bridgehead atoms. The molecule has 2 saturated heterocycles. The van der Waals surface area contributed by atoms with Crippen molar-refractivity contribution in [1.82, 2.24) is 4.81 Å². The van der Waals surface area contributed by atoms with Crippen molar-refractivity contribution >= 4 is 30.2 Å². The van der Waals surface area contributed by atoms with Gasteiger partial charge < -0.3 is 24.8 Å². The third kappa shape index (κ3) is 4.40. The van der Waals surface area contributed by atoms with Gasteiger partial charge in [-0.1, -0.05) is 5.11 Å². The molecule has 142 valence electrons. The van der Waals surface area contributed by atoms with Crippen LogP contribution in [0.2, 0.25) is 6.82 Å². The van der Waals surface area contributed by atoms with Crippen molar-refractivity contribution in [3.63, 3.8) is 0 Å². The van der Waals surface area contributed by atoms with E-state index in [-0.39, 0.29) is 24.5 Å². The van der Waals surface area contributed by atoms with E-state index < -0.39 is 13.1 Å². The van der Waals surface area contributed by atoms with Crippen LogP contribution in [0.4, 0.5) is 11.4 Å². The Labute approximate surface area is 156 Å². The molecule has 27 heavy (non-hydrogen) atoms. The number of carbonyl (C=O) groups is 2. The quantitative estimate of drug-likeness (QED) is 0.342. The second kappa shape index (κ2) is 8.40. The minimum atomic E-state index is -0.825. The summed E-state index contributed by atoms with van der Waals surface area (Å²) in [5.41, 5.74) is 9.94. The van der Waals surface area contributed by atoms with E-state index in [1.807, 2.05) is 0 Å². The van der Waals surface area contributed by atoms with E-state index in [9.17, 15) is 14.6 Å². The van der Waals surface area contributed by atoms with Crippen LogP contribution < -0.4 is 10.2 Å². The lowest BCUT2D eigenvalue weighted by molar-refractivity contribution is -0.125. The molecule has 2 atom stereocenters. The number of benzene rings is 1. The minimum absolute atomic E-state index is 0.0711. The Morgan fingerprint density at radius 2 is 2.19 bits per heavy atom. The lowest BCUT2D eigenvalue weighted by Crippen LogP contribution is -2.46. The van der Waals surface area contributed by atoms with Gasteiger partial charge in [-0.15, -0.1) is 0 Å². The highest BCUT2D eigenvalue weighted by molar-refractivity contribution is 6.46. The Balaban J connectivity index is 1.66. The SMILES string of the molecule is CB(O)N1C[C@@H](N=[N+]=[N-])C[C@@H]1C(=O)Nc1ccc(N2CCOCC2=O)cc1. The zero-order chi connectivity index (χ0) is 19.4. The van der Waals surface area contributed by atoms with Crippen molar-refractivity contribution in [3.05, 3.63) is 34.7 Å². The molecular weight excluding hydrogens is 351 g/mol. The first kappa shape index (κ1) is 19.2. The fourth-order valence-corrected chi connectivity index (χ4v) is 3.41. The van der Waals surface area contributed by atoms with Crippen LogP contribution in [-0.2, 0) is 14.3 Å². The monoisotopic (exact) mass is 372 g/mol. The van der Waals surface area contributed by atoms with Gasteiger partial charge in [-0.05, 0) is 49.6 Å². The van der Waals surface area contributed by atoms with Gasteiger partial charge in [0.2, 0.25) is 5.91 Å². The minimum Gasteiger partial charge on any atom is -0.437 e. The predicted molar refractivity (Wildman–Crippen MR) is 100 cm³/mol. The Kier molecular flexibility index (Phi) is 5.97. The van der Waals surface area contributed by atoms with Crippen LogP contribution in [0.3, 0.4) is 0 Å². The average Bonchev–Trinajstić information content (AvgIpc) is 3.08. The van der Waals surface area contributed by atoms with Gasteiger partial charge >= 0.3 is 7.05 Å². The number of morpholine rings is 1. The molecule has 1 aromatic carbocycles. The van der Waals surface area contributed by atoms with E-state index >= 15 is 0 Å². The van der Waals surface area contributed by atoms with Gasteiger partial charge in [-0.2, -0.15) is 0 Å². The van der Waals surface area contributed by atoms with Crippen molar-refractivity contribution in [2.45, 2.75) is 25.3 Å². The molecule has 2 N–H and O–H groups in total. The van der Waals surface area contributed by atoms with Gasteiger partial charge in [0.1, 0.15) is 6.61 Å². The van der Waals surface area contributed by atoms with E-state index in [1.54, 1.807) is 40.8 Å². The Morgan fingerprint density at radius 1 is 1.44 bits per heavy atom.